The quantitative estimate of drug-likeness (QED) is 0.574. The summed E-state index contributed by atoms with van der Waals surface area (Å²) in [6.07, 6.45) is 14.3. The van der Waals surface area contributed by atoms with Gasteiger partial charge in [-0.2, -0.15) is 11.8 Å². The smallest absolute Gasteiger partial charge is 0.0201 e. The number of rotatable bonds is 10. The molecule has 102 valence electrons. The van der Waals surface area contributed by atoms with E-state index in [9.17, 15) is 0 Å². The van der Waals surface area contributed by atoms with Crippen LogP contribution in [0.25, 0.3) is 0 Å². The summed E-state index contributed by atoms with van der Waals surface area (Å²) in [6.45, 7) is 2.29. The molecule has 1 fully saturated rings. The fourth-order valence-electron chi connectivity index (χ4n) is 2.76. The summed E-state index contributed by atoms with van der Waals surface area (Å²) in [5, 5.41) is 4.44. The molecule has 1 aliphatic rings. The molecule has 0 aromatic rings. The zero-order valence-electron chi connectivity index (χ0n) is 11.8. The number of thioether (sulfide) groups is 1. The Morgan fingerprint density at radius 3 is 2.41 bits per heavy atom. The Morgan fingerprint density at radius 2 is 1.82 bits per heavy atom. The van der Waals surface area contributed by atoms with Crippen molar-refractivity contribution in [1.82, 2.24) is 5.32 Å². The lowest BCUT2D eigenvalue weighted by molar-refractivity contribution is 0.461. The molecule has 0 aromatic carbocycles. The van der Waals surface area contributed by atoms with E-state index in [1.165, 1.54) is 70.0 Å². The summed E-state index contributed by atoms with van der Waals surface area (Å²) in [5.41, 5.74) is 0. The van der Waals surface area contributed by atoms with Crippen LogP contribution in [0.5, 0.6) is 0 Å². The first-order chi connectivity index (χ1) is 8.38. The van der Waals surface area contributed by atoms with Gasteiger partial charge in [-0.3, -0.25) is 0 Å². The van der Waals surface area contributed by atoms with Crippen LogP contribution in [-0.4, -0.2) is 24.1 Å². The fourth-order valence-corrected chi connectivity index (χ4v) is 4.23. The topological polar surface area (TPSA) is 12.0 Å². The molecule has 2 unspecified atom stereocenters. The van der Waals surface area contributed by atoms with Gasteiger partial charge < -0.3 is 5.32 Å². The standard InChI is InChI=1S/C15H31NS/c1-3-4-5-6-7-8-9-11-14(16-2)15-12-10-13-17-15/h14-16H,3-13H2,1-2H3. The summed E-state index contributed by atoms with van der Waals surface area (Å²) < 4.78 is 0. The van der Waals surface area contributed by atoms with Crippen molar-refractivity contribution in [3.05, 3.63) is 0 Å². The van der Waals surface area contributed by atoms with Gasteiger partial charge in [-0.15, -0.1) is 0 Å². The van der Waals surface area contributed by atoms with E-state index in [0.29, 0.717) is 0 Å². The highest BCUT2D eigenvalue weighted by Crippen LogP contribution is 2.30. The number of hydrogen-bond donors (Lipinski definition) is 1. The molecule has 0 aromatic heterocycles. The number of unbranched alkanes of at least 4 members (excludes halogenated alkanes) is 6. The second-order valence-corrected chi connectivity index (χ2v) is 6.70. The maximum absolute atomic E-state index is 3.53. The van der Waals surface area contributed by atoms with Crippen LogP contribution in [0.2, 0.25) is 0 Å². The van der Waals surface area contributed by atoms with E-state index in [1.54, 1.807) is 0 Å². The van der Waals surface area contributed by atoms with E-state index in [1.807, 2.05) is 0 Å². The average Bonchev–Trinajstić information content (AvgIpc) is 2.86. The largest absolute Gasteiger partial charge is 0.316 e. The molecule has 1 rings (SSSR count). The van der Waals surface area contributed by atoms with E-state index in [-0.39, 0.29) is 0 Å². The van der Waals surface area contributed by atoms with E-state index in [2.05, 4.69) is 31.1 Å². The molecule has 1 nitrogen and oxygen atoms in total. The van der Waals surface area contributed by atoms with Gasteiger partial charge in [0.2, 0.25) is 0 Å². The molecule has 1 heterocycles. The van der Waals surface area contributed by atoms with E-state index in [0.717, 1.165) is 11.3 Å². The molecule has 1 aliphatic heterocycles. The highest BCUT2D eigenvalue weighted by Gasteiger charge is 2.23. The van der Waals surface area contributed by atoms with E-state index < -0.39 is 0 Å². The minimum atomic E-state index is 0.776. The minimum absolute atomic E-state index is 0.776. The molecule has 0 amide bonds. The van der Waals surface area contributed by atoms with Gasteiger partial charge in [0.15, 0.2) is 0 Å². The average molecular weight is 257 g/mol. The second kappa shape index (κ2) is 10.3. The molecule has 2 atom stereocenters. The first-order valence-corrected chi connectivity index (χ1v) is 8.72. The summed E-state index contributed by atoms with van der Waals surface area (Å²) in [5.74, 6) is 1.39. The Hall–Kier alpha value is 0.310. The lowest BCUT2D eigenvalue weighted by atomic mass is 10.0. The van der Waals surface area contributed by atoms with Crippen molar-refractivity contribution in [2.45, 2.75) is 82.4 Å². The van der Waals surface area contributed by atoms with Gasteiger partial charge in [-0.25, -0.2) is 0 Å². The van der Waals surface area contributed by atoms with Crippen molar-refractivity contribution in [1.29, 1.82) is 0 Å². The van der Waals surface area contributed by atoms with E-state index >= 15 is 0 Å². The third-order valence-corrected chi connectivity index (χ3v) is 5.42. The van der Waals surface area contributed by atoms with Crippen LogP contribution >= 0.6 is 11.8 Å². The zero-order valence-corrected chi connectivity index (χ0v) is 12.7. The summed E-state index contributed by atoms with van der Waals surface area (Å²) >= 11 is 2.19. The van der Waals surface area contributed by atoms with Gasteiger partial charge in [0.25, 0.3) is 0 Å². The Kier molecular flexibility index (Phi) is 9.27. The summed E-state index contributed by atoms with van der Waals surface area (Å²) in [7, 11) is 2.14. The molecule has 0 aliphatic carbocycles. The van der Waals surface area contributed by atoms with Crippen LogP contribution in [-0.2, 0) is 0 Å². The predicted octanol–water partition coefficient (Wildman–Crippen LogP) is 4.61. The van der Waals surface area contributed by atoms with Crippen LogP contribution in [0.4, 0.5) is 0 Å². The lowest BCUT2D eigenvalue weighted by Gasteiger charge is -2.22. The molecule has 0 spiro atoms. The summed E-state index contributed by atoms with van der Waals surface area (Å²) in [4.78, 5) is 0. The first-order valence-electron chi connectivity index (χ1n) is 7.67. The van der Waals surface area contributed by atoms with Crippen LogP contribution in [0.15, 0.2) is 0 Å². The van der Waals surface area contributed by atoms with Gasteiger partial charge in [0.1, 0.15) is 0 Å². The van der Waals surface area contributed by atoms with Gasteiger partial charge in [0, 0.05) is 11.3 Å². The highest BCUT2D eigenvalue weighted by molar-refractivity contribution is 8.00. The van der Waals surface area contributed by atoms with Crippen LogP contribution in [0.1, 0.15) is 71.1 Å². The Bertz CT molecular complexity index is 166. The number of hydrogen-bond acceptors (Lipinski definition) is 2. The molecule has 1 N–H and O–H groups in total. The van der Waals surface area contributed by atoms with Crippen LogP contribution in [0, 0.1) is 0 Å². The van der Waals surface area contributed by atoms with Gasteiger partial charge in [0.05, 0.1) is 0 Å². The molecule has 0 radical (unpaired) electrons. The van der Waals surface area contributed by atoms with Crippen molar-refractivity contribution in [2.24, 2.45) is 0 Å². The maximum atomic E-state index is 3.53. The molecule has 0 bridgehead atoms. The van der Waals surface area contributed by atoms with Gasteiger partial charge >= 0.3 is 0 Å². The normalized spacial score (nSPS) is 21.9. The lowest BCUT2D eigenvalue weighted by Crippen LogP contribution is -2.34. The summed E-state index contributed by atoms with van der Waals surface area (Å²) in [6, 6.07) is 0.776. The third kappa shape index (κ3) is 6.71. The first kappa shape index (κ1) is 15.4. The van der Waals surface area contributed by atoms with Crippen LogP contribution < -0.4 is 5.32 Å². The Labute approximate surface area is 113 Å². The third-order valence-electron chi connectivity index (χ3n) is 3.90. The Morgan fingerprint density at radius 1 is 1.12 bits per heavy atom. The number of nitrogens with one attached hydrogen (secondary N) is 1. The van der Waals surface area contributed by atoms with Crippen LogP contribution in [0.3, 0.4) is 0 Å². The van der Waals surface area contributed by atoms with Gasteiger partial charge in [-0.05, 0) is 32.1 Å². The molecular weight excluding hydrogens is 226 g/mol. The van der Waals surface area contributed by atoms with Crippen molar-refractivity contribution < 1.29 is 0 Å². The Balaban J connectivity index is 1.96. The van der Waals surface area contributed by atoms with Gasteiger partial charge in [-0.1, -0.05) is 51.9 Å². The molecule has 1 saturated heterocycles. The maximum Gasteiger partial charge on any atom is 0.0201 e. The minimum Gasteiger partial charge on any atom is -0.316 e. The second-order valence-electron chi connectivity index (χ2n) is 5.36. The fraction of sp³-hybridized carbons (Fsp3) is 1.00. The van der Waals surface area contributed by atoms with Crippen molar-refractivity contribution in [3.63, 3.8) is 0 Å². The van der Waals surface area contributed by atoms with E-state index in [4.69, 9.17) is 0 Å². The highest BCUT2D eigenvalue weighted by atomic mass is 32.2. The monoisotopic (exact) mass is 257 g/mol. The SMILES string of the molecule is CCCCCCCCCC(NC)C1CCCS1. The van der Waals surface area contributed by atoms with Crippen molar-refractivity contribution >= 4 is 11.8 Å². The van der Waals surface area contributed by atoms with Crippen molar-refractivity contribution in [3.8, 4) is 0 Å². The molecule has 17 heavy (non-hydrogen) atoms. The molecular formula is C15H31NS. The molecule has 0 saturated carbocycles. The zero-order chi connectivity index (χ0) is 12.3. The molecule has 2 heteroatoms. The predicted molar refractivity (Wildman–Crippen MR) is 80.9 cm³/mol. The van der Waals surface area contributed by atoms with Crippen molar-refractivity contribution in [2.75, 3.05) is 12.8 Å².